The number of nitrogen functional groups attached to an aromatic ring is 1. The van der Waals surface area contributed by atoms with E-state index < -0.39 is 180 Å². The van der Waals surface area contributed by atoms with E-state index in [0.717, 1.165) is 48.5 Å². The molecule has 0 bridgehead atoms. The number of aromatic hydroxyl groups is 3. The lowest BCUT2D eigenvalue weighted by Crippen LogP contribution is -2.03. The predicted octanol–water partition coefficient (Wildman–Crippen LogP) is 11.4. The summed E-state index contributed by atoms with van der Waals surface area (Å²) in [4.78, 5) is 5.16. The first-order chi connectivity index (χ1) is 41.8. The van der Waals surface area contributed by atoms with Crippen molar-refractivity contribution in [3.63, 3.8) is 0 Å². The van der Waals surface area contributed by atoms with Crippen LogP contribution in [0.3, 0.4) is 0 Å². The Kier molecular flexibility index (Phi) is 17.8. The van der Waals surface area contributed by atoms with Gasteiger partial charge in [0.1, 0.15) is 64.3 Å². The van der Waals surface area contributed by atoms with Gasteiger partial charge in [0.05, 0.1) is 56.2 Å². The van der Waals surface area contributed by atoms with Gasteiger partial charge in [-0.05, 0) is 72.8 Å². The van der Waals surface area contributed by atoms with E-state index in [1.165, 1.54) is 48.5 Å². The van der Waals surface area contributed by atoms with Crippen LogP contribution in [0.4, 0.5) is 51.2 Å². The van der Waals surface area contributed by atoms with Crippen molar-refractivity contribution in [3.8, 4) is 17.2 Å². The Bertz CT molecular complexity index is 5250. The predicted molar refractivity (Wildman–Crippen MR) is 306 cm³/mol. The number of fused-ring (bicyclic) bond motifs is 4. The fourth-order valence-electron chi connectivity index (χ4n) is 8.71. The number of nitrogens with zero attached hydrogens (tertiary/aromatic N) is 8. The molecule has 0 atom stereocenters. The van der Waals surface area contributed by atoms with Gasteiger partial charge in [0.25, 0.3) is 50.6 Å². The molecule has 9 aromatic carbocycles. The van der Waals surface area contributed by atoms with Gasteiger partial charge in [-0.15, -0.1) is 49.6 Å². The molecule has 0 saturated carbocycles. The maximum atomic E-state index is 13.2. The molecular formula is C47H31N9O26S7. The summed E-state index contributed by atoms with van der Waals surface area (Å²) in [5, 5.41) is 96.2. The zero-order valence-corrected chi connectivity index (χ0v) is 48.7. The molecule has 0 radical (unpaired) electrons. The molecule has 0 aromatic heterocycles. The smallest absolute Gasteiger partial charge is 0.337 e. The number of rotatable bonds is 20. The maximum absolute atomic E-state index is 13.2. The van der Waals surface area contributed by atoms with Crippen LogP contribution in [0, 0.1) is 0 Å². The van der Waals surface area contributed by atoms with Crippen LogP contribution < -0.4 is 5.73 Å². The SMILES string of the molecule is Nc1c(N=Nc2ccc3c(O)c(N=Nc4ccc(S(=O)(=O)O)c5ccccc45)c(S(=O)(=O)O)cc3c2S(=O)(=O)O)cc(S(=O)(=O)O)c2cc(SOOO)c(N=Nc3ccc4c(O)c(N=Nc5ccccc5C(=O)O)c(SOOO)cc4c3S(=O)(=O)O)c(O)c12. The Balaban J connectivity index is 1.19. The first kappa shape index (κ1) is 64.6. The number of phenols is 3. The number of aromatic carboxylic acids is 1. The first-order valence-electron chi connectivity index (χ1n) is 23.2. The van der Waals surface area contributed by atoms with E-state index in [1.54, 1.807) is 0 Å². The van der Waals surface area contributed by atoms with E-state index >= 15 is 0 Å². The van der Waals surface area contributed by atoms with Crippen LogP contribution in [-0.4, -0.2) is 102 Å². The molecule has 0 aliphatic rings. The van der Waals surface area contributed by atoms with E-state index in [-0.39, 0.29) is 51.8 Å². The summed E-state index contributed by atoms with van der Waals surface area (Å²) in [6, 6.07) is 18.7. The highest BCUT2D eigenvalue weighted by Crippen LogP contribution is 2.53. The number of anilines is 1. The molecule has 35 nitrogen and oxygen atoms in total. The lowest BCUT2D eigenvalue weighted by molar-refractivity contribution is -0.432. The monoisotopic (exact) mass is 1360 g/mol. The van der Waals surface area contributed by atoms with E-state index in [9.17, 15) is 90.1 Å². The Morgan fingerprint density at radius 2 is 0.843 bits per heavy atom. The minimum Gasteiger partial charge on any atom is -0.505 e. The quantitative estimate of drug-likeness (QED) is 0.00842. The molecule has 462 valence electrons. The van der Waals surface area contributed by atoms with Crippen molar-refractivity contribution in [3.05, 3.63) is 115 Å². The molecule has 0 amide bonds. The number of carboxylic acids is 1. The first-order valence-corrected chi connectivity index (χ1v) is 31.9. The third-order valence-corrected chi connectivity index (χ3v) is 18.1. The van der Waals surface area contributed by atoms with Crippen LogP contribution in [0.25, 0.3) is 43.1 Å². The summed E-state index contributed by atoms with van der Waals surface area (Å²) in [6.45, 7) is 0. The highest BCUT2D eigenvalue weighted by atomic mass is 32.2. The molecule has 0 fully saturated rings. The summed E-state index contributed by atoms with van der Waals surface area (Å²) in [7, 11) is -27.1. The number of phenolic OH excluding ortho intramolecular Hbond substituents is 3. The average Bonchev–Trinajstić information content (AvgIpc) is 0.831. The third-order valence-electron chi connectivity index (χ3n) is 12.3. The maximum Gasteiger partial charge on any atom is 0.337 e. The van der Waals surface area contributed by atoms with Crippen molar-refractivity contribution in [1.29, 1.82) is 0 Å². The van der Waals surface area contributed by atoms with Gasteiger partial charge >= 0.3 is 5.97 Å². The molecule has 9 rings (SSSR count). The fraction of sp³-hybridized carbons (Fsp3) is 0. The van der Waals surface area contributed by atoms with Crippen molar-refractivity contribution < 1.29 is 119 Å². The number of hydrogen-bond donors (Lipinski definition) is 12. The van der Waals surface area contributed by atoms with Gasteiger partial charge in [-0.2, -0.15) is 42.1 Å². The van der Waals surface area contributed by atoms with Crippen LogP contribution >= 0.6 is 24.1 Å². The zero-order chi connectivity index (χ0) is 64.9. The van der Waals surface area contributed by atoms with Gasteiger partial charge in [-0.1, -0.05) is 46.5 Å². The normalized spacial score (nSPS) is 13.0. The lowest BCUT2D eigenvalue weighted by atomic mass is 10.0. The number of nitrogens with two attached hydrogens (primary N) is 1. The van der Waals surface area contributed by atoms with Crippen molar-refractivity contribution in [2.75, 3.05) is 5.73 Å². The Morgan fingerprint density at radius 3 is 1.38 bits per heavy atom. The lowest BCUT2D eigenvalue weighted by Gasteiger charge is -2.15. The van der Waals surface area contributed by atoms with Crippen molar-refractivity contribution in [2.45, 2.75) is 34.3 Å². The molecule has 0 unspecified atom stereocenters. The number of azo groups is 4. The second kappa shape index (κ2) is 24.6. The second-order valence-electron chi connectivity index (χ2n) is 17.5. The molecule has 13 N–H and O–H groups in total. The third kappa shape index (κ3) is 13.0. The molecule has 89 heavy (non-hydrogen) atoms. The minimum absolute atomic E-state index is 0.0202. The molecule has 0 heterocycles. The molecule has 0 aliphatic heterocycles. The largest absolute Gasteiger partial charge is 0.505 e. The van der Waals surface area contributed by atoms with Crippen molar-refractivity contribution >= 4 is 175 Å². The van der Waals surface area contributed by atoms with Gasteiger partial charge in [-0.3, -0.25) is 22.8 Å². The number of carboxylic acid groups (broad SMARTS) is 1. The van der Waals surface area contributed by atoms with Gasteiger partial charge < -0.3 is 26.2 Å². The number of hydrogen-bond acceptors (Lipinski definition) is 31. The Hall–Kier alpha value is -8.90. The standard InChI is InChI=1S/C47H31N9O26S7/c48-38-31(53-51-29-11-10-22-25(46(29)89(76,77)78)17-36(87(70,71)72)41(43(22)58)56-50-28-13-14-34(85(64,65)66)20-6-2-1-5-19(20)28)18-35(86(67,68)69)26-16-33(84-82-80-63)40(44(59)37(26)38)55-52-30-12-9-21-24(45(30)88(73,74)75)15-32(83-81-79-62)39(42(21)57)54-49-27-8-4-3-7-23(27)47(60)61/h1-18,57-59,62-63H,48H2,(H,60,61)(H,64,65,66)(H,67,68,69)(H,70,71,72)(H,73,74,75)(H,76,77,78). The van der Waals surface area contributed by atoms with E-state index in [4.69, 9.17) is 16.2 Å². The van der Waals surface area contributed by atoms with E-state index in [2.05, 4.69) is 59.7 Å². The Labute approximate surface area is 504 Å². The van der Waals surface area contributed by atoms with E-state index in [1.807, 2.05) is 0 Å². The average molecular weight is 1360 g/mol. The molecule has 9 aromatic rings. The summed E-state index contributed by atoms with van der Waals surface area (Å²) < 4.78 is 190. The summed E-state index contributed by atoms with van der Waals surface area (Å²) >= 11 is 0.0390. The number of carbonyl (C=O) groups is 1. The van der Waals surface area contributed by atoms with Crippen LogP contribution in [0.2, 0.25) is 0 Å². The number of benzene rings is 9. The summed E-state index contributed by atoms with van der Waals surface area (Å²) in [5.74, 6) is -4.79. The van der Waals surface area contributed by atoms with E-state index in [0.29, 0.717) is 12.1 Å². The van der Waals surface area contributed by atoms with Gasteiger partial charge in [0.15, 0.2) is 17.2 Å². The highest BCUT2D eigenvalue weighted by molar-refractivity contribution is 7.95. The fourth-order valence-corrected chi connectivity index (χ4v) is 13.4. The summed E-state index contributed by atoms with van der Waals surface area (Å²) in [6.07, 6.45) is 0. The molecule has 0 saturated heterocycles. The van der Waals surface area contributed by atoms with Crippen LogP contribution in [-0.2, 0) is 69.3 Å². The van der Waals surface area contributed by atoms with Gasteiger partial charge in [0, 0.05) is 37.7 Å². The molecular weight excluding hydrogens is 1330 g/mol. The van der Waals surface area contributed by atoms with Crippen molar-refractivity contribution in [1.82, 2.24) is 0 Å². The Morgan fingerprint density at radius 1 is 0.404 bits per heavy atom. The van der Waals surface area contributed by atoms with Crippen LogP contribution in [0.1, 0.15) is 10.4 Å². The minimum atomic E-state index is -5.68. The molecule has 0 spiro atoms. The zero-order valence-electron chi connectivity index (χ0n) is 42.9. The van der Waals surface area contributed by atoms with Gasteiger partial charge in [0.2, 0.25) is 0 Å². The van der Waals surface area contributed by atoms with Crippen LogP contribution in [0.15, 0.2) is 184 Å². The molecule has 0 aliphatic carbocycles. The van der Waals surface area contributed by atoms with Crippen molar-refractivity contribution in [2.24, 2.45) is 40.9 Å². The molecule has 42 heteroatoms. The summed E-state index contributed by atoms with van der Waals surface area (Å²) in [5.41, 5.74) is -0.298. The van der Waals surface area contributed by atoms with Gasteiger partial charge in [-0.25, -0.2) is 15.3 Å². The van der Waals surface area contributed by atoms with Crippen LogP contribution in [0.5, 0.6) is 17.2 Å². The topological polar surface area (TPSA) is 572 Å². The highest BCUT2D eigenvalue weighted by Gasteiger charge is 2.31. The second-order valence-corrected chi connectivity index (χ2v) is 25.9.